The number of likely N-dealkylation sites (N-methyl/N-ethyl adjacent to an activating group) is 1. The molecule has 1 N–H and O–H groups in total. The van der Waals surface area contributed by atoms with Crippen molar-refractivity contribution in [1.29, 1.82) is 0 Å². The summed E-state index contributed by atoms with van der Waals surface area (Å²) in [5.41, 5.74) is 2.17. The average molecular weight is 462 g/mol. The molecule has 1 heterocycles. The summed E-state index contributed by atoms with van der Waals surface area (Å²) >= 11 is 0. The van der Waals surface area contributed by atoms with E-state index in [2.05, 4.69) is 29.1 Å². The molecule has 5 nitrogen and oxygen atoms in total. The van der Waals surface area contributed by atoms with E-state index in [4.69, 9.17) is 0 Å². The van der Waals surface area contributed by atoms with Gasteiger partial charge in [0.25, 0.3) is 0 Å². The van der Waals surface area contributed by atoms with Gasteiger partial charge in [-0.05, 0) is 43.0 Å². The van der Waals surface area contributed by atoms with Crippen molar-refractivity contribution in [3.63, 3.8) is 0 Å². The lowest BCUT2D eigenvalue weighted by atomic mass is 10.00. The number of carbonyl (C=O) groups excluding carboxylic acids is 1. The molecule has 0 spiro atoms. The molecule has 0 bridgehead atoms. The molecule has 1 unspecified atom stereocenters. The third-order valence-corrected chi connectivity index (χ3v) is 4.33. The third kappa shape index (κ3) is 6.13. The number of guanidine groups is 1. The maximum Gasteiger partial charge on any atom is 0.243 e. The Balaban J connectivity index is 0.00000312. The van der Waals surface area contributed by atoms with Gasteiger partial charge >= 0.3 is 0 Å². The minimum absolute atomic E-state index is 0. The molecule has 1 aliphatic heterocycles. The van der Waals surface area contributed by atoms with Gasteiger partial charge in [-0.15, -0.1) is 24.0 Å². The van der Waals surface area contributed by atoms with Crippen LogP contribution in [0.2, 0.25) is 0 Å². The number of carbonyl (C=O) groups is 1. The van der Waals surface area contributed by atoms with Gasteiger partial charge < -0.3 is 15.1 Å². The lowest BCUT2D eigenvalue weighted by Crippen LogP contribution is -2.47. The molecule has 0 fully saturated rings. The van der Waals surface area contributed by atoms with Crippen LogP contribution in [-0.2, 0) is 17.8 Å². The van der Waals surface area contributed by atoms with Crippen LogP contribution in [0.3, 0.4) is 0 Å². The molecule has 1 aliphatic rings. The zero-order valence-corrected chi connectivity index (χ0v) is 17.7. The Morgan fingerprint density at radius 1 is 1.40 bits per heavy atom. The number of nitrogens with zero attached hydrogens (tertiary/aromatic N) is 3. The van der Waals surface area contributed by atoms with Gasteiger partial charge in [0.15, 0.2) is 5.96 Å². The van der Waals surface area contributed by atoms with Gasteiger partial charge in [-0.25, -0.2) is 9.38 Å². The highest BCUT2D eigenvalue weighted by Gasteiger charge is 2.21. The predicted octanol–water partition coefficient (Wildman–Crippen LogP) is 2.63. The first kappa shape index (κ1) is 21.7. The van der Waals surface area contributed by atoms with Crippen molar-refractivity contribution in [2.75, 3.05) is 27.2 Å². The van der Waals surface area contributed by atoms with Crippen molar-refractivity contribution in [3.05, 3.63) is 35.1 Å². The Bertz CT molecular complexity index is 621. The molecule has 2 rings (SSSR count). The topological polar surface area (TPSA) is 47.9 Å². The van der Waals surface area contributed by atoms with Crippen molar-refractivity contribution in [1.82, 2.24) is 15.1 Å². The quantitative estimate of drug-likeness (QED) is 0.425. The number of benzene rings is 1. The SMILES string of the molecule is CCC(C)NC(=NCC(=O)N(C)C)N1CCc2cc(F)ccc2C1.I. The summed E-state index contributed by atoms with van der Waals surface area (Å²) in [6, 6.07) is 5.22. The van der Waals surface area contributed by atoms with Crippen LogP contribution in [0, 0.1) is 5.82 Å². The van der Waals surface area contributed by atoms with E-state index in [1.807, 2.05) is 6.07 Å². The van der Waals surface area contributed by atoms with Gasteiger partial charge in [-0.1, -0.05) is 13.0 Å². The molecule has 0 aromatic heterocycles. The summed E-state index contributed by atoms with van der Waals surface area (Å²) in [4.78, 5) is 20.0. The van der Waals surface area contributed by atoms with E-state index >= 15 is 0 Å². The van der Waals surface area contributed by atoms with Crippen LogP contribution in [0.5, 0.6) is 0 Å². The van der Waals surface area contributed by atoms with Gasteiger partial charge in [0.1, 0.15) is 12.4 Å². The normalized spacial score (nSPS) is 15.1. The monoisotopic (exact) mass is 462 g/mol. The minimum Gasteiger partial charge on any atom is -0.354 e. The summed E-state index contributed by atoms with van der Waals surface area (Å²) in [5.74, 6) is 0.526. The molecule has 7 heteroatoms. The second-order valence-electron chi connectivity index (χ2n) is 6.47. The Hall–Kier alpha value is -1.38. The zero-order chi connectivity index (χ0) is 17.7. The Morgan fingerprint density at radius 3 is 2.76 bits per heavy atom. The van der Waals surface area contributed by atoms with Gasteiger partial charge in [0, 0.05) is 33.2 Å². The van der Waals surface area contributed by atoms with Crippen molar-refractivity contribution >= 4 is 35.8 Å². The highest BCUT2D eigenvalue weighted by molar-refractivity contribution is 14.0. The van der Waals surface area contributed by atoms with Gasteiger partial charge in [0.05, 0.1) is 0 Å². The molecule has 1 aromatic rings. The molecule has 0 saturated carbocycles. The Kier molecular flexibility index (Phi) is 8.61. The first-order chi connectivity index (χ1) is 11.4. The smallest absolute Gasteiger partial charge is 0.243 e. The summed E-state index contributed by atoms with van der Waals surface area (Å²) in [7, 11) is 3.45. The van der Waals surface area contributed by atoms with E-state index in [1.165, 1.54) is 6.07 Å². The fourth-order valence-corrected chi connectivity index (χ4v) is 2.55. The van der Waals surface area contributed by atoms with E-state index in [9.17, 15) is 9.18 Å². The van der Waals surface area contributed by atoms with Gasteiger partial charge in [-0.3, -0.25) is 4.79 Å². The molecule has 1 atom stereocenters. The fourth-order valence-electron chi connectivity index (χ4n) is 2.55. The number of hydrogen-bond acceptors (Lipinski definition) is 2. The minimum atomic E-state index is -0.189. The van der Waals surface area contributed by atoms with E-state index in [-0.39, 0.29) is 48.3 Å². The Morgan fingerprint density at radius 2 is 2.12 bits per heavy atom. The van der Waals surface area contributed by atoms with Gasteiger partial charge in [-0.2, -0.15) is 0 Å². The number of fused-ring (bicyclic) bond motifs is 1. The van der Waals surface area contributed by atoms with Crippen molar-refractivity contribution in [2.24, 2.45) is 4.99 Å². The van der Waals surface area contributed by atoms with Crippen LogP contribution < -0.4 is 5.32 Å². The van der Waals surface area contributed by atoms with E-state index in [0.717, 1.165) is 36.5 Å². The van der Waals surface area contributed by atoms with Crippen LogP contribution in [-0.4, -0.2) is 54.9 Å². The number of rotatable bonds is 4. The second-order valence-corrected chi connectivity index (χ2v) is 6.47. The van der Waals surface area contributed by atoms with Crippen LogP contribution in [0.25, 0.3) is 0 Å². The number of aliphatic imine (C=N–C) groups is 1. The summed E-state index contributed by atoms with van der Waals surface area (Å²) in [6.45, 7) is 5.76. The van der Waals surface area contributed by atoms with Crippen molar-refractivity contribution in [3.8, 4) is 0 Å². The molecule has 0 aliphatic carbocycles. The number of halogens is 2. The average Bonchev–Trinajstić information content (AvgIpc) is 2.57. The standard InChI is InChI=1S/C18H27FN4O.HI/c1-5-13(2)21-18(20-11-17(24)22(3)4)23-9-8-14-10-16(19)7-6-15(14)12-23;/h6-7,10,13H,5,8-9,11-12H2,1-4H3,(H,20,21);1H. The molecule has 1 aromatic carbocycles. The maximum absolute atomic E-state index is 13.4. The highest BCUT2D eigenvalue weighted by atomic mass is 127. The highest BCUT2D eigenvalue weighted by Crippen LogP contribution is 2.20. The van der Waals surface area contributed by atoms with Crippen LogP contribution in [0.15, 0.2) is 23.2 Å². The first-order valence-electron chi connectivity index (χ1n) is 8.44. The molecule has 25 heavy (non-hydrogen) atoms. The van der Waals surface area contributed by atoms with Crippen LogP contribution in [0.1, 0.15) is 31.4 Å². The fraction of sp³-hybridized carbons (Fsp3) is 0.556. The maximum atomic E-state index is 13.4. The third-order valence-electron chi connectivity index (χ3n) is 4.33. The van der Waals surface area contributed by atoms with E-state index in [1.54, 1.807) is 25.1 Å². The molecular formula is C18H28FIN4O. The molecule has 0 radical (unpaired) electrons. The molecular weight excluding hydrogens is 434 g/mol. The number of amides is 1. The number of hydrogen-bond donors (Lipinski definition) is 1. The molecule has 0 saturated heterocycles. The van der Waals surface area contributed by atoms with Crippen molar-refractivity contribution < 1.29 is 9.18 Å². The predicted molar refractivity (Wildman–Crippen MR) is 110 cm³/mol. The number of nitrogens with one attached hydrogen (secondary N) is 1. The van der Waals surface area contributed by atoms with Gasteiger partial charge in [0.2, 0.25) is 5.91 Å². The summed E-state index contributed by atoms with van der Waals surface area (Å²) in [6.07, 6.45) is 1.74. The second kappa shape index (κ2) is 9.94. The molecule has 140 valence electrons. The van der Waals surface area contributed by atoms with Crippen molar-refractivity contribution in [2.45, 2.75) is 39.3 Å². The van der Waals surface area contributed by atoms with Crippen LogP contribution >= 0.6 is 24.0 Å². The summed E-state index contributed by atoms with van der Waals surface area (Å²) < 4.78 is 13.4. The van der Waals surface area contributed by atoms with Crippen LogP contribution in [0.4, 0.5) is 4.39 Å². The lowest BCUT2D eigenvalue weighted by molar-refractivity contribution is -0.127. The van der Waals surface area contributed by atoms with E-state index in [0.29, 0.717) is 6.54 Å². The largest absolute Gasteiger partial charge is 0.354 e. The lowest BCUT2D eigenvalue weighted by Gasteiger charge is -2.33. The zero-order valence-electron chi connectivity index (χ0n) is 15.4. The summed E-state index contributed by atoms with van der Waals surface area (Å²) in [5, 5.41) is 3.40. The first-order valence-corrected chi connectivity index (χ1v) is 8.44. The Labute approximate surface area is 166 Å². The van der Waals surface area contributed by atoms with E-state index < -0.39 is 0 Å². The molecule has 1 amide bonds.